The Morgan fingerprint density at radius 1 is 1.18 bits per heavy atom. The molecule has 2 heterocycles. The minimum atomic E-state index is -0.501. The smallest absolute Gasteiger partial charge is 0.261 e. The van der Waals surface area contributed by atoms with Crippen molar-refractivity contribution >= 4 is 22.4 Å². The molecule has 0 aliphatic heterocycles. The van der Waals surface area contributed by atoms with E-state index in [2.05, 4.69) is 20.5 Å². The van der Waals surface area contributed by atoms with Crippen molar-refractivity contribution in [3.05, 3.63) is 65.2 Å². The van der Waals surface area contributed by atoms with Gasteiger partial charge in [0, 0.05) is 25.7 Å². The lowest BCUT2D eigenvalue weighted by atomic mass is 10.1. The molecule has 176 valence electrons. The SMILES string of the molecule is COCC(C)Oc1ccc(C(=O)Nc2ncc(F)s2)c(Oc2ccc(-c3nnc(C)o3)cc2)c1. The minimum Gasteiger partial charge on any atom is -0.488 e. The lowest BCUT2D eigenvalue weighted by molar-refractivity contribution is 0.0919. The van der Waals surface area contributed by atoms with Crippen LogP contribution in [0, 0.1) is 12.1 Å². The molecular weight excluding hydrogens is 463 g/mol. The number of anilines is 1. The first-order valence-corrected chi connectivity index (χ1v) is 11.0. The first-order chi connectivity index (χ1) is 16.4. The number of amides is 1. The van der Waals surface area contributed by atoms with Crippen molar-refractivity contribution in [3.8, 4) is 28.7 Å². The van der Waals surface area contributed by atoms with Gasteiger partial charge in [-0.1, -0.05) is 11.3 Å². The molecule has 4 rings (SSSR count). The molecule has 1 N–H and O–H groups in total. The number of nitrogens with zero attached hydrogens (tertiary/aromatic N) is 3. The fraction of sp³-hybridized carbons (Fsp3) is 0.217. The third-order valence-electron chi connectivity index (χ3n) is 4.49. The van der Waals surface area contributed by atoms with Crippen molar-refractivity contribution in [2.24, 2.45) is 0 Å². The van der Waals surface area contributed by atoms with Crippen molar-refractivity contribution in [1.82, 2.24) is 15.2 Å². The Balaban J connectivity index is 1.59. The number of hydrogen-bond donors (Lipinski definition) is 1. The van der Waals surface area contributed by atoms with Gasteiger partial charge < -0.3 is 18.6 Å². The zero-order valence-corrected chi connectivity index (χ0v) is 19.4. The third-order valence-corrected chi connectivity index (χ3v) is 5.19. The fourth-order valence-corrected chi connectivity index (χ4v) is 3.57. The van der Waals surface area contributed by atoms with Gasteiger partial charge in [0.15, 0.2) is 10.3 Å². The van der Waals surface area contributed by atoms with Crippen LogP contribution in [0.5, 0.6) is 17.2 Å². The summed E-state index contributed by atoms with van der Waals surface area (Å²) in [6.45, 7) is 3.97. The van der Waals surface area contributed by atoms with Crippen molar-refractivity contribution in [2.45, 2.75) is 20.0 Å². The zero-order valence-electron chi connectivity index (χ0n) is 18.6. The quantitative estimate of drug-likeness (QED) is 0.350. The van der Waals surface area contributed by atoms with Gasteiger partial charge in [-0.2, -0.15) is 4.39 Å². The largest absolute Gasteiger partial charge is 0.488 e. The Labute approximate surface area is 198 Å². The highest BCUT2D eigenvalue weighted by Crippen LogP contribution is 2.32. The van der Waals surface area contributed by atoms with Crippen LogP contribution in [0.3, 0.4) is 0 Å². The summed E-state index contributed by atoms with van der Waals surface area (Å²) in [5.41, 5.74) is 0.946. The number of halogens is 1. The number of benzene rings is 2. The number of rotatable bonds is 9. The van der Waals surface area contributed by atoms with Gasteiger partial charge in [0.05, 0.1) is 18.4 Å². The average molecular weight is 485 g/mol. The van der Waals surface area contributed by atoms with Crippen LogP contribution in [-0.4, -0.2) is 40.9 Å². The Kier molecular flexibility index (Phi) is 7.14. The van der Waals surface area contributed by atoms with Crippen LogP contribution in [-0.2, 0) is 4.74 Å². The summed E-state index contributed by atoms with van der Waals surface area (Å²) in [6.07, 6.45) is 0.825. The average Bonchev–Trinajstić information content (AvgIpc) is 3.42. The molecule has 0 spiro atoms. The lowest BCUT2D eigenvalue weighted by Gasteiger charge is -2.16. The second-order valence-corrected chi connectivity index (χ2v) is 8.20. The van der Waals surface area contributed by atoms with Gasteiger partial charge in [-0.05, 0) is 43.3 Å². The van der Waals surface area contributed by atoms with Crippen LogP contribution in [0.25, 0.3) is 11.5 Å². The molecule has 1 amide bonds. The van der Waals surface area contributed by atoms with E-state index in [0.29, 0.717) is 29.9 Å². The maximum absolute atomic E-state index is 13.3. The molecule has 0 bridgehead atoms. The molecule has 1 atom stereocenters. The summed E-state index contributed by atoms with van der Waals surface area (Å²) >= 11 is 0.730. The van der Waals surface area contributed by atoms with Gasteiger partial charge in [0.1, 0.15) is 23.4 Å². The highest BCUT2D eigenvalue weighted by Gasteiger charge is 2.18. The summed E-state index contributed by atoms with van der Waals surface area (Å²) < 4.78 is 35.7. The van der Waals surface area contributed by atoms with E-state index in [0.717, 1.165) is 23.1 Å². The van der Waals surface area contributed by atoms with Crippen molar-refractivity contribution < 1.29 is 27.8 Å². The molecule has 9 nitrogen and oxygen atoms in total. The molecule has 0 aliphatic rings. The van der Waals surface area contributed by atoms with Crippen LogP contribution in [0.2, 0.25) is 0 Å². The Hall–Kier alpha value is -3.83. The predicted octanol–water partition coefficient (Wildman–Crippen LogP) is 5.10. The van der Waals surface area contributed by atoms with Crippen molar-refractivity contribution in [2.75, 3.05) is 19.0 Å². The van der Waals surface area contributed by atoms with Crippen molar-refractivity contribution in [3.63, 3.8) is 0 Å². The predicted molar refractivity (Wildman–Crippen MR) is 123 cm³/mol. The summed E-state index contributed by atoms with van der Waals surface area (Å²) in [6, 6.07) is 11.8. The number of ether oxygens (including phenoxy) is 3. The standard InChI is InChI=1S/C23H21FN4O5S/c1-13(12-30-3)31-17-8-9-18(21(29)26-23-25-11-20(24)34-23)19(10-17)33-16-6-4-15(5-7-16)22-28-27-14(2)32-22/h4-11,13H,12H2,1-3H3,(H,25,26,29). The second-order valence-electron chi connectivity index (χ2n) is 7.22. The van der Waals surface area contributed by atoms with Gasteiger partial charge in [-0.25, -0.2) is 4.98 Å². The molecule has 1 unspecified atom stereocenters. The van der Waals surface area contributed by atoms with Gasteiger partial charge in [0.2, 0.25) is 11.8 Å². The van der Waals surface area contributed by atoms with Crippen LogP contribution in [0.1, 0.15) is 23.2 Å². The summed E-state index contributed by atoms with van der Waals surface area (Å²) in [5, 5.41) is 10.0. The Morgan fingerprint density at radius 2 is 1.94 bits per heavy atom. The van der Waals surface area contributed by atoms with Gasteiger partial charge in [-0.15, -0.1) is 10.2 Å². The number of carbonyl (C=O) groups is 1. The number of carbonyl (C=O) groups excluding carboxylic acids is 1. The van der Waals surface area contributed by atoms with Gasteiger partial charge in [0.25, 0.3) is 5.91 Å². The number of nitrogens with one attached hydrogen (secondary N) is 1. The molecule has 0 saturated carbocycles. The number of aromatic nitrogens is 3. The minimum absolute atomic E-state index is 0.140. The van der Waals surface area contributed by atoms with E-state index < -0.39 is 11.0 Å². The molecule has 11 heteroatoms. The maximum Gasteiger partial charge on any atom is 0.261 e. The molecular formula is C23H21FN4O5S. The van der Waals surface area contributed by atoms with Crippen LogP contribution in [0.15, 0.2) is 53.1 Å². The third kappa shape index (κ3) is 5.74. The van der Waals surface area contributed by atoms with E-state index in [9.17, 15) is 9.18 Å². The Bertz CT molecular complexity index is 1270. The fourth-order valence-electron chi connectivity index (χ4n) is 3.03. The molecule has 34 heavy (non-hydrogen) atoms. The summed E-state index contributed by atoms with van der Waals surface area (Å²) in [5.74, 6) is 1.57. The summed E-state index contributed by atoms with van der Waals surface area (Å²) in [4.78, 5) is 16.7. The first-order valence-electron chi connectivity index (χ1n) is 10.2. The van der Waals surface area contributed by atoms with E-state index in [1.54, 1.807) is 56.5 Å². The van der Waals surface area contributed by atoms with Crippen LogP contribution < -0.4 is 14.8 Å². The topological polar surface area (TPSA) is 109 Å². The van der Waals surface area contributed by atoms with Gasteiger partial charge >= 0.3 is 0 Å². The molecule has 0 saturated heterocycles. The first kappa shape index (κ1) is 23.3. The second kappa shape index (κ2) is 10.4. The molecule has 2 aromatic carbocycles. The van der Waals surface area contributed by atoms with Crippen LogP contribution >= 0.6 is 11.3 Å². The highest BCUT2D eigenvalue weighted by atomic mass is 32.1. The van der Waals surface area contributed by atoms with E-state index in [1.165, 1.54) is 0 Å². The number of methoxy groups -OCH3 is 1. The van der Waals surface area contributed by atoms with Gasteiger partial charge in [-0.3, -0.25) is 10.1 Å². The highest BCUT2D eigenvalue weighted by molar-refractivity contribution is 7.14. The number of hydrogen-bond acceptors (Lipinski definition) is 9. The zero-order chi connectivity index (χ0) is 24.1. The monoisotopic (exact) mass is 484 g/mol. The lowest BCUT2D eigenvalue weighted by Crippen LogP contribution is -2.18. The Morgan fingerprint density at radius 3 is 2.59 bits per heavy atom. The summed E-state index contributed by atoms with van der Waals surface area (Å²) in [7, 11) is 1.59. The van der Waals surface area contributed by atoms with E-state index >= 15 is 0 Å². The maximum atomic E-state index is 13.3. The molecule has 4 aromatic rings. The molecule has 0 radical (unpaired) electrons. The van der Waals surface area contributed by atoms with E-state index in [4.69, 9.17) is 18.6 Å². The number of aryl methyl sites for hydroxylation is 1. The van der Waals surface area contributed by atoms with E-state index in [1.807, 2.05) is 6.92 Å². The molecule has 0 fully saturated rings. The molecule has 2 aromatic heterocycles. The van der Waals surface area contributed by atoms with Crippen LogP contribution in [0.4, 0.5) is 9.52 Å². The van der Waals surface area contributed by atoms with Crippen molar-refractivity contribution in [1.29, 1.82) is 0 Å². The molecule has 0 aliphatic carbocycles. The number of thiazole rings is 1. The normalized spacial score (nSPS) is 11.8. The van der Waals surface area contributed by atoms with E-state index in [-0.39, 0.29) is 22.5 Å².